The predicted octanol–water partition coefficient (Wildman–Crippen LogP) is 1.36. The van der Waals surface area contributed by atoms with Crippen molar-refractivity contribution in [3.8, 4) is 0 Å². The molecule has 0 aliphatic carbocycles. The van der Waals surface area contributed by atoms with Gasteiger partial charge in [0.25, 0.3) is 0 Å². The molecule has 13 heavy (non-hydrogen) atoms. The molecule has 0 amide bonds. The van der Waals surface area contributed by atoms with Gasteiger partial charge in [-0.1, -0.05) is 0 Å². The topological polar surface area (TPSA) is 27.7 Å². The van der Waals surface area contributed by atoms with Crippen LogP contribution in [0.15, 0.2) is 0 Å². The zero-order valence-corrected chi connectivity index (χ0v) is 8.04. The summed E-state index contributed by atoms with van der Waals surface area (Å²) in [5, 5.41) is 0. The molecule has 2 fully saturated rings. The molecule has 0 aromatic carbocycles. The quantitative estimate of drug-likeness (QED) is 0.651. The highest BCUT2D eigenvalue weighted by Gasteiger charge is 2.21. The second-order valence-corrected chi connectivity index (χ2v) is 3.81. The van der Waals surface area contributed by atoms with Crippen molar-refractivity contribution in [3.05, 3.63) is 0 Å². The van der Waals surface area contributed by atoms with E-state index in [1.807, 2.05) is 0 Å². The maximum absolute atomic E-state index is 5.88. The van der Waals surface area contributed by atoms with E-state index in [-0.39, 0.29) is 0 Å². The molecular formula is C10H18O3. The van der Waals surface area contributed by atoms with Crippen molar-refractivity contribution < 1.29 is 14.2 Å². The second-order valence-electron chi connectivity index (χ2n) is 3.81. The number of ether oxygens (including phenoxy) is 3. The Kier molecular flexibility index (Phi) is 3.58. The van der Waals surface area contributed by atoms with E-state index in [1.54, 1.807) is 0 Å². The molecule has 0 spiro atoms. The minimum atomic E-state index is 0.320. The molecule has 2 unspecified atom stereocenters. The van der Waals surface area contributed by atoms with Crippen LogP contribution in [0.1, 0.15) is 25.7 Å². The Labute approximate surface area is 79.4 Å². The Morgan fingerprint density at radius 1 is 0.846 bits per heavy atom. The van der Waals surface area contributed by atoms with Crippen LogP contribution in [-0.2, 0) is 14.2 Å². The van der Waals surface area contributed by atoms with E-state index in [4.69, 9.17) is 14.2 Å². The Hall–Kier alpha value is -0.120. The third-order valence-corrected chi connectivity index (χ3v) is 2.62. The van der Waals surface area contributed by atoms with Gasteiger partial charge in [0.15, 0.2) is 0 Å². The van der Waals surface area contributed by atoms with E-state index in [0.717, 1.165) is 52.1 Å². The molecule has 2 heterocycles. The van der Waals surface area contributed by atoms with Crippen LogP contribution in [0.5, 0.6) is 0 Å². The molecule has 2 aliphatic heterocycles. The zero-order valence-electron chi connectivity index (χ0n) is 8.04. The molecule has 0 aromatic rings. The molecule has 0 aromatic heterocycles. The summed E-state index contributed by atoms with van der Waals surface area (Å²) in [6, 6.07) is 0. The highest BCUT2D eigenvalue weighted by atomic mass is 16.6. The fraction of sp³-hybridized carbons (Fsp3) is 1.00. The van der Waals surface area contributed by atoms with Crippen molar-refractivity contribution in [1.82, 2.24) is 0 Å². The van der Waals surface area contributed by atoms with Gasteiger partial charge >= 0.3 is 0 Å². The monoisotopic (exact) mass is 186 g/mol. The van der Waals surface area contributed by atoms with Gasteiger partial charge < -0.3 is 14.2 Å². The van der Waals surface area contributed by atoms with Crippen molar-refractivity contribution in [3.63, 3.8) is 0 Å². The molecule has 2 aliphatic rings. The van der Waals surface area contributed by atoms with Gasteiger partial charge in [0, 0.05) is 13.2 Å². The molecule has 0 saturated carbocycles. The third kappa shape index (κ3) is 2.93. The van der Waals surface area contributed by atoms with Crippen molar-refractivity contribution in [2.45, 2.75) is 37.9 Å². The lowest BCUT2D eigenvalue weighted by Gasteiger charge is -2.29. The summed E-state index contributed by atoms with van der Waals surface area (Å²) in [5.74, 6) is 0. The largest absolute Gasteiger partial charge is 0.379 e. The summed E-state index contributed by atoms with van der Waals surface area (Å²) in [7, 11) is 0. The molecule has 76 valence electrons. The van der Waals surface area contributed by atoms with Crippen LogP contribution in [-0.4, -0.2) is 38.6 Å². The van der Waals surface area contributed by atoms with E-state index in [9.17, 15) is 0 Å². The average Bonchev–Trinajstić information content (AvgIpc) is 2.21. The number of hydrogen-bond donors (Lipinski definition) is 0. The minimum Gasteiger partial charge on any atom is -0.379 e. The van der Waals surface area contributed by atoms with Crippen LogP contribution >= 0.6 is 0 Å². The summed E-state index contributed by atoms with van der Waals surface area (Å²) in [6.45, 7) is 3.36. The van der Waals surface area contributed by atoms with Gasteiger partial charge in [0.2, 0.25) is 0 Å². The number of hydrogen-bond acceptors (Lipinski definition) is 3. The summed E-state index contributed by atoms with van der Waals surface area (Å²) in [5.41, 5.74) is 0. The van der Waals surface area contributed by atoms with Crippen molar-refractivity contribution in [2.75, 3.05) is 26.4 Å². The average molecular weight is 186 g/mol. The van der Waals surface area contributed by atoms with Crippen molar-refractivity contribution in [1.29, 1.82) is 0 Å². The normalized spacial score (nSPS) is 36.0. The summed E-state index contributed by atoms with van der Waals surface area (Å²) >= 11 is 0. The van der Waals surface area contributed by atoms with E-state index in [0.29, 0.717) is 12.2 Å². The minimum absolute atomic E-state index is 0.320. The van der Waals surface area contributed by atoms with Gasteiger partial charge in [0.05, 0.1) is 25.4 Å². The van der Waals surface area contributed by atoms with E-state index < -0.39 is 0 Å². The first-order chi connectivity index (χ1) is 6.45. The van der Waals surface area contributed by atoms with Gasteiger partial charge in [-0.15, -0.1) is 0 Å². The molecule has 2 saturated heterocycles. The molecule has 2 atom stereocenters. The third-order valence-electron chi connectivity index (χ3n) is 2.62. The highest BCUT2D eigenvalue weighted by molar-refractivity contribution is 4.68. The van der Waals surface area contributed by atoms with E-state index in [1.165, 1.54) is 0 Å². The Morgan fingerprint density at radius 2 is 1.38 bits per heavy atom. The fourth-order valence-corrected chi connectivity index (χ4v) is 1.91. The lowest BCUT2D eigenvalue weighted by Crippen LogP contribution is -2.34. The first-order valence-corrected chi connectivity index (χ1v) is 5.26. The first kappa shape index (κ1) is 9.44. The summed E-state index contributed by atoms with van der Waals surface area (Å²) in [6.07, 6.45) is 5.21. The standard InChI is InChI=1S/C10H18O3/c1-3-9(7-11-5-1)13-10-4-2-6-12-8-10/h9-10H,1-8H2. The fourth-order valence-electron chi connectivity index (χ4n) is 1.91. The summed E-state index contributed by atoms with van der Waals surface area (Å²) in [4.78, 5) is 0. The van der Waals surface area contributed by atoms with Gasteiger partial charge in [-0.2, -0.15) is 0 Å². The predicted molar refractivity (Wildman–Crippen MR) is 48.8 cm³/mol. The summed E-state index contributed by atoms with van der Waals surface area (Å²) < 4.78 is 16.6. The number of rotatable bonds is 2. The highest BCUT2D eigenvalue weighted by Crippen LogP contribution is 2.16. The van der Waals surface area contributed by atoms with Gasteiger partial charge in [-0.05, 0) is 25.7 Å². The van der Waals surface area contributed by atoms with Crippen LogP contribution in [0, 0.1) is 0 Å². The molecule has 0 N–H and O–H groups in total. The smallest absolute Gasteiger partial charge is 0.0814 e. The molecule has 3 nitrogen and oxygen atoms in total. The van der Waals surface area contributed by atoms with E-state index in [2.05, 4.69) is 0 Å². The van der Waals surface area contributed by atoms with Gasteiger partial charge in [0.1, 0.15) is 0 Å². The maximum atomic E-state index is 5.88. The van der Waals surface area contributed by atoms with Gasteiger partial charge in [-0.3, -0.25) is 0 Å². The molecule has 0 bridgehead atoms. The maximum Gasteiger partial charge on any atom is 0.0814 e. The van der Waals surface area contributed by atoms with Crippen molar-refractivity contribution >= 4 is 0 Å². The molecular weight excluding hydrogens is 168 g/mol. The lowest BCUT2D eigenvalue weighted by molar-refractivity contribution is -0.121. The zero-order chi connectivity index (χ0) is 8.93. The van der Waals surface area contributed by atoms with Gasteiger partial charge in [-0.25, -0.2) is 0 Å². The lowest BCUT2D eigenvalue weighted by atomic mass is 10.1. The first-order valence-electron chi connectivity index (χ1n) is 5.26. The van der Waals surface area contributed by atoms with Crippen LogP contribution < -0.4 is 0 Å². The second kappa shape index (κ2) is 4.94. The Morgan fingerprint density at radius 3 is 1.77 bits per heavy atom. The van der Waals surface area contributed by atoms with Crippen LogP contribution in [0.25, 0.3) is 0 Å². The molecule has 0 radical (unpaired) electrons. The Balaban J connectivity index is 1.69. The van der Waals surface area contributed by atoms with E-state index >= 15 is 0 Å². The van der Waals surface area contributed by atoms with Crippen LogP contribution in [0.2, 0.25) is 0 Å². The Bertz CT molecular complexity index is 121. The van der Waals surface area contributed by atoms with Crippen LogP contribution in [0.3, 0.4) is 0 Å². The molecule has 3 heteroatoms. The van der Waals surface area contributed by atoms with Crippen molar-refractivity contribution in [2.24, 2.45) is 0 Å². The molecule has 2 rings (SSSR count). The van der Waals surface area contributed by atoms with Crippen LogP contribution in [0.4, 0.5) is 0 Å². The SMILES string of the molecule is C1COCC(OC2CCCOC2)C1.